The van der Waals surface area contributed by atoms with Crippen molar-refractivity contribution in [1.29, 1.82) is 0 Å². The van der Waals surface area contributed by atoms with Gasteiger partial charge in [0, 0.05) is 54.3 Å². The summed E-state index contributed by atoms with van der Waals surface area (Å²) in [5.74, 6) is 1.30. The first-order valence-corrected chi connectivity index (χ1v) is 13.2. The molecular weight excluding hydrogens is 482 g/mol. The third kappa shape index (κ3) is 3.52. The zero-order valence-corrected chi connectivity index (χ0v) is 21.3. The van der Waals surface area contributed by atoms with Crippen molar-refractivity contribution >= 4 is 54.8 Å². The number of hydrogen-bond donors (Lipinski definition) is 1. The number of aromatic nitrogens is 1. The first-order chi connectivity index (χ1) is 16.9. The number of hydrogen-bond acceptors (Lipinski definition) is 7. The summed E-state index contributed by atoms with van der Waals surface area (Å²) < 4.78 is 13.7. The molecule has 1 N–H and O–H groups in total. The summed E-state index contributed by atoms with van der Waals surface area (Å²) in [5.41, 5.74) is 1.33. The number of likely N-dealkylation sites (tertiary alicyclic amines) is 1. The van der Waals surface area contributed by atoms with E-state index in [4.69, 9.17) is 9.47 Å². The van der Waals surface area contributed by atoms with Crippen molar-refractivity contribution in [1.82, 2.24) is 15.2 Å². The third-order valence-corrected chi connectivity index (χ3v) is 9.34. The van der Waals surface area contributed by atoms with Gasteiger partial charge in [0.2, 0.25) is 0 Å². The number of pyridine rings is 1. The maximum Gasteiger partial charge on any atom is 0.264 e. The van der Waals surface area contributed by atoms with Gasteiger partial charge in [-0.15, -0.1) is 22.7 Å². The minimum absolute atomic E-state index is 0.0493. The van der Waals surface area contributed by atoms with Crippen LogP contribution >= 0.6 is 22.7 Å². The molecule has 1 saturated carbocycles. The van der Waals surface area contributed by atoms with Gasteiger partial charge in [-0.05, 0) is 44.0 Å². The second-order valence-corrected chi connectivity index (χ2v) is 11.4. The fourth-order valence-electron chi connectivity index (χ4n) is 5.35. The van der Waals surface area contributed by atoms with Crippen molar-refractivity contribution in [2.24, 2.45) is 0 Å². The summed E-state index contributed by atoms with van der Waals surface area (Å²) in [6.45, 7) is 2.72. The highest BCUT2D eigenvalue weighted by molar-refractivity contribution is 7.21. The highest BCUT2D eigenvalue weighted by atomic mass is 32.1. The highest BCUT2D eigenvalue weighted by Gasteiger charge is 2.62. The van der Waals surface area contributed by atoms with E-state index in [2.05, 4.69) is 10.3 Å². The van der Waals surface area contributed by atoms with Crippen LogP contribution < -0.4 is 10.1 Å². The second kappa shape index (κ2) is 8.29. The van der Waals surface area contributed by atoms with Crippen molar-refractivity contribution in [3.8, 4) is 11.5 Å². The summed E-state index contributed by atoms with van der Waals surface area (Å²) >= 11 is 2.99. The predicted octanol–water partition coefficient (Wildman–Crippen LogP) is 5.36. The van der Waals surface area contributed by atoms with Gasteiger partial charge in [0.05, 0.1) is 32.3 Å². The van der Waals surface area contributed by atoms with Gasteiger partial charge < -0.3 is 19.7 Å². The summed E-state index contributed by atoms with van der Waals surface area (Å²) in [7, 11) is 3.36. The number of thiophene rings is 2. The molecule has 1 aliphatic heterocycles. The number of methoxy groups -OCH3 is 1. The Balaban J connectivity index is 1.31. The number of amides is 2. The van der Waals surface area contributed by atoms with Gasteiger partial charge in [0.25, 0.3) is 11.8 Å². The lowest BCUT2D eigenvalue weighted by Gasteiger charge is -2.24. The fourth-order valence-corrected chi connectivity index (χ4v) is 7.45. The highest BCUT2D eigenvalue weighted by Crippen LogP contribution is 2.52. The van der Waals surface area contributed by atoms with E-state index in [0.29, 0.717) is 21.9 Å². The number of nitrogens with one attached hydrogen (secondary N) is 1. The molecule has 1 aliphatic carbocycles. The van der Waals surface area contributed by atoms with Crippen LogP contribution in [0.25, 0.3) is 20.3 Å². The van der Waals surface area contributed by atoms with Crippen molar-refractivity contribution in [2.45, 2.75) is 37.8 Å². The number of ether oxygens (including phenoxy) is 2. The van der Waals surface area contributed by atoms with Gasteiger partial charge in [-0.3, -0.25) is 14.6 Å². The molecule has 1 aromatic carbocycles. The fraction of sp³-hybridized carbons (Fsp3) is 0.346. The molecule has 180 valence electrons. The standard InChI is InChI=1S/C26H25N3O4S2/c1-14-22(24(30)27-2)16-6-5-15(11-19(16)34-14)33-18-7-9-28-17-12-20(35-23(17)18)25(31)29-10-4-8-26(29)13-21(26)32-3/h5-7,9,11-12,21H,4,8,10,13H2,1-3H3,(H,27,30)/t21-,26-/m0/s1. The number of benzene rings is 1. The third-order valence-electron chi connectivity index (χ3n) is 7.14. The SMILES string of the molecule is CNC(=O)c1c(C)sc2cc(Oc3ccnc4cc(C(=O)N5CCC[C@@]56C[C@@H]6OC)sc34)ccc12. The van der Waals surface area contributed by atoms with E-state index in [1.54, 1.807) is 31.7 Å². The summed E-state index contributed by atoms with van der Waals surface area (Å²) in [5, 5.41) is 3.63. The topological polar surface area (TPSA) is 80.8 Å². The molecule has 1 saturated heterocycles. The number of carbonyl (C=O) groups is 2. The number of aryl methyl sites for hydroxylation is 1. The van der Waals surface area contributed by atoms with Crippen LogP contribution in [0.3, 0.4) is 0 Å². The summed E-state index contributed by atoms with van der Waals surface area (Å²) in [4.78, 5) is 33.9. The molecular formula is C26H25N3O4S2. The molecule has 2 aliphatic rings. The van der Waals surface area contributed by atoms with E-state index in [-0.39, 0.29) is 23.5 Å². The zero-order chi connectivity index (χ0) is 24.3. The van der Waals surface area contributed by atoms with Crippen molar-refractivity contribution in [3.05, 3.63) is 51.8 Å². The molecule has 4 heterocycles. The van der Waals surface area contributed by atoms with Gasteiger partial charge in [-0.25, -0.2) is 0 Å². The second-order valence-electron chi connectivity index (χ2n) is 9.10. The van der Waals surface area contributed by atoms with Gasteiger partial charge in [-0.2, -0.15) is 0 Å². The summed E-state index contributed by atoms with van der Waals surface area (Å²) in [6.07, 6.45) is 4.77. The lowest BCUT2D eigenvalue weighted by Crippen LogP contribution is -2.39. The van der Waals surface area contributed by atoms with Crippen LogP contribution in [-0.2, 0) is 4.74 Å². The Morgan fingerprint density at radius 3 is 2.86 bits per heavy atom. The van der Waals surface area contributed by atoms with Gasteiger partial charge >= 0.3 is 0 Å². The molecule has 0 bridgehead atoms. The molecule has 2 amide bonds. The van der Waals surface area contributed by atoms with Crippen molar-refractivity contribution in [2.75, 3.05) is 20.7 Å². The summed E-state index contributed by atoms with van der Waals surface area (Å²) in [6, 6.07) is 9.45. The Morgan fingerprint density at radius 2 is 2.09 bits per heavy atom. The molecule has 7 nitrogen and oxygen atoms in total. The Bertz CT molecular complexity index is 1490. The average Bonchev–Trinajstić information content (AvgIpc) is 3.15. The first-order valence-electron chi connectivity index (χ1n) is 11.6. The number of fused-ring (bicyclic) bond motifs is 2. The molecule has 9 heteroatoms. The largest absolute Gasteiger partial charge is 0.456 e. The molecule has 0 unspecified atom stereocenters. The Kier molecular flexibility index (Phi) is 5.32. The lowest BCUT2D eigenvalue weighted by atomic mass is 10.1. The zero-order valence-electron chi connectivity index (χ0n) is 19.7. The van der Waals surface area contributed by atoms with E-state index in [9.17, 15) is 9.59 Å². The number of carbonyl (C=O) groups excluding carboxylic acids is 2. The molecule has 2 fully saturated rings. The average molecular weight is 508 g/mol. The molecule has 1 spiro atoms. The molecule has 6 rings (SSSR count). The molecule has 3 aromatic heterocycles. The Morgan fingerprint density at radius 1 is 1.23 bits per heavy atom. The maximum atomic E-state index is 13.4. The van der Waals surface area contributed by atoms with Crippen LogP contribution in [0.4, 0.5) is 0 Å². The quantitative estimate of drug-likeness (QED) is 0.393. The molecule has 35 heavy (non-hydrogen) atoms. The predicted molar refractivity (Wildman–Crippen MR) is 138 cm³/mol. The van der Waals surface area contributed by atoms with E-state index in [0.717, 1.165) is 51.0 Å². The van der Waals surface area contributed by atoms with E-state index >= 15 is 0 Å². The van der Waals surface area contributed by atoms with Crippen LogP contribution in [-0.4, -0.2) is 54.0 Å². The van der Waals surface area contributed by atoms with E-state index in [1.165, 1.54) is 11.3 Å². The van der Waals surface area contributed by atoms with Crippen LogP contribution in [0.1, 0.15) is 44.2 Å². The lowest BCUT2D eigenvalue weighted by molar-refractivity contribution is 0.0625. The van der Waals surface area contributed by atoms with Gasteiger partial charge in [-0.1, -0.05) is 0 Å². The van der Waals surface area contributed by atoms with Crippen molar-refractivity contribution in [3.63, 3.8) is 0 Å². The first kappa shape index (κ1) is 22.5. The smallest absolute Gasteiger partial charge is 0.264 e. The normalized spacial score (nSPS) is 21.2. The molecule has 2 atom stereocenters. The van der Waals surface area contributed by atoms with Crippen LogP contribution in [0.5, 0.6) is 11.5 Å². The van der Waals surface area contributed by atoms with Crippen LogP contribution in [0.2, 0.25) is 0 Å². The van der Waals surface area contributed by atoms with E-state index in [1.807, 2.05) is 42.2 Å². The minimum atomic E-state index is -0.128. The van der Waals surface area contributed by atoms with E-state index < -0.39 is 0 Å². The Labute approximate surface area is 210 Å². The van der Waals surface area contributed by atoms with Gasteiger partial charge in [0.15, 0.2) is 0 Å². The van der Waals surface area contributed by atoms with Gasteiger partial charge in [0.1, 0.15) is 11.5 Å². The van der Waals surface area contributed by atoms with Crippen LogP contribution in [0, 0.1) is 6.92 Å². The van der Waals surface area contributed by atoms with Crippen LogP contribution in [0.15, 0.2) is 36.5 Å². The Hall–Kier alpha value is -3.01. The minimum Gasteiger partial charge on any atom is -0.456 e. The van der Waals surface area contributed by atoms with Crippen molar-refractivity contribution < 1.29 is 19.1 Å². The molecule has 4 aromatic rings. The number of nitrogens with zero attached hydrogens (tertiary/aromatic N) is 2. The number of rotatable bonds is 5. The maximum absolute atomic E-state index is 13.4. The monoisotopic (exact) mass is 507 g/mol. The molecule has 0 radical (unpaired) electrons.